The summed E-state index contributed by atoms with van der Waals surface area (Å²) >= 11 is 1.63. The van der Waals surface area contributed by atoms with E-state index in [0.29, 0.717) is 0 Å². The molecule has 0 atom stereocenters. The highest BCUT2D eigenvalue weighted by Crippen LogP contribution is 2.33. The normalized spacial score (nSPS) is 13.6. The van der Waals surface area contributed by atoms with Crippen LogP contribution in [0.25, 0.3) is 11.3 Å². The fourth-order valence-corrected chi connectivity index (χ4v) is 3.66. The molecule has 1 heterocycles. The second kappa shape index (κ2) is 5.91. The number of pyridine rings is 1. The molecule has 106 valence electrons. The third-order valence-electron chi connectivity index (χ3n) is 4.19. The summed E-state index contributed by atoms with van der Waals surface area (Å²) in [7, 11) is 0. The first kappa shape index (κ1) is 14.2. The summed E-state index contributed by atoms with van der Waals surface area (Å²) in [5.41, 5.74) is 7.16. The number of nitrogens with zero attached hydrogens (tertiary/aromatic N) is 1. The monoisotopic (exact) mass is 295 g/mol. The van der Waals surface area contributed by atoms with Gasteiger partial charge in [-0.05, 0) is 56.6 Å². The number of nitriles is 1. The average Bonchev–Trinajstić information content (AvgIpc) is 2.54. The molecule has 0 aliphatic heterocycles. The van der Waals surface area contributed by atoms with Gasteiger partial charge in [0.2, 0.25) is 5.69 Å². The molecule has 2 aromatic rings. The van der Waals surface area contributed by atoms with Crippen molar-refractivity contribution in [1.82, 2.24) is 0 Å². The van der Waals surface area contributed by atoms with E-state index in [1.54, 1.807) is 11.8 Å². The minimum atomic E-state index is 0.855. The first-order valence-electron chi connectivity index (χ1n) is 7.36. The largest absolute Gasteiger partial charge is 0.256 e. The summed E-state index contributed by atoms with van der Waals surface area (Å²) in [6, 6.07) is 11.1. The van der Waals surface area contributed by atoms with Gasteiger partial charge in [0.1, 0.15) is 11.6 Å². The molecule has 0 fully saturated rings. The number of benzene rings is 1. The van der Waals surface area contributed by atoms with E-state index in [4.69, 9.17) is 0 Å². The average molecular weight is 295 g/mol. The predicted octanol–water partition coefficient (Wildman–Crippen LogP) is 3.95. The SMILES string of the molecule is CSc1[nH+]c(-c2ccc(C)cc2)c2c(c1C#N)CCCC2. The number of aromatic nitrogens is 1. The number of nitrogens with one attached hydrogen (secondary N) is 1. The molecule has 0 radical (unpaired) electrons. The third-order valence-corrected chi connectivity index (χ3v) is 4.91. The number of hydrogen-bond donors (Lipinski definition) is 0. The first-order chi connectivity index (χ1) is 10.2. The quantitative estimate of drug-likeness (QED) is 0.787. The molecule has 21 heavy (non-hydrogen) atoms. The van der Waals surface area contributed by atoms with E-state index in [-0.39, 0.29) is 0 Å². The standard InChI is InChI=1S/C18H18N2S/c1-12-7-9-13(10-8-12)17-15-6-4-3-5-14(15)16(11-19)18(20-17)21-2/h7-10H,3-6H2,1-2H3/p+1. The lowest BCUT2D eigenvalue weighted by Crippen LogP contribution is -2.21. The lowest BCUT2D eigenvalue weighted by atomic mass is 9.86. The Labute approximate surface area is 130 Å². The summed E-state index contributed by atoms with van der Waals surface area (Å²) in [4.78, 5) is 3.52. The van der Waals surface area contributed by atoms with Gasteiger partial charge in [-0.3, -0.25) is 0 Å². The van der Waals surface area contributed by atoms with Gasteiger partial charge in [0.25, 0.3) is 5.03 Å². The fourth-order valence-electron chi connectivity index (χ4n) is 3.08. The number of aromatic amines is 1. The highest BCUT2D eigenvalue weighted by atomic mass is 32.2. The van der Waals surface area contributed by atoms with Crippen LogP contribution in [0.3, 0.4) is 0 Å². The van der Waals surface area contributed by atoms with Crippen molar-refractivity contribution in [1.29, 1.82) is 5.26 Å². The molecule has 0 spiro atoms. The van der Waals surface area contributed by atoms with Crippen molar-refractivity contribution in [3.8, 4) is 17.3 Å². The van der Waals surface area contributed by atoms with Crippen LogP contribution in [0, 0.1) is 18.3 Å². The number of thioether (sulfide) groups is 1. The van der Waals surface area contributed by atoms with Crippen LogP contribution < -0.4 is 4.98 Å². The van der Waals surface area contributed by atoms with Crippen LogP contribution in [0.1, 0.15) is 35.1 Å². The van der Waals surface area contributed by atoms with Crippen molar-refractivity contribution >= 4 is 11.8 Å². The summed E-state index contributed by atoms with van der Waals surface area (Å²) in [6.07, 6.45) is 6.52. The lowest BCUT2D eigenvalue weighted by Gasteiger charge is -2.18. The number of aryl methyl sites for hydroxylation is 1. The Morgan fingerprint density at radius 1 is 1.10 bits per heavy atom. The van der Waals surface area contributed by atoms with Crippen LogP contribution in [0.2, 0.25) is 0 Å². The molecule has 0 unspecified atom stereocenters. The maximum absolute atomic E-state index is 9.52. The van der Waals surface area contributed by atoms with Crippen LogP contribution in [-0.4, -0.2) is 6.26 Å². The molecule has 1 aliphatic carbocycles. The zero-order valence-corrected chi connectivity index (χ0v) is 13.3. The Kier molecular flexibility index (Phi) is 3.98. The summed E-state index contributed by atoms with van der Waals surface area (Å²) in [6.45, 7) is 2.11. The Balaban J connectivity index is 2.25. The minimum absolute atomic E-state index is 0.855. The highest BCUT2D eigenvalue weighted by Gasteiger charge is 2.27. The smallest absolute Gasteiger partial charge is 0.198 e. The third kappa shape index (κ3) is 2.56. The van der Waals surface area contributed by atoms with Crippen LogP contribution in [0.4, 0.5) is 0 Å². The van der Waals surface area contributed by atoms with Gasteiger partial charge in [0.05, 0.1) is 0 Å². The minimum Gasteiger partial charge on any atom is -0.198 e. The van der Waals surface area contributed by atoms with Crippen LogP contribution in [0.5, 0.6) is 0 Å². The van der Waals surface area contributed by atoms with Crippen LogP contribution >= 0.6 is 11.8 Å². The topological polar surface area (TPSA) is 37.9 Å². The maximum Gasteiger partial charge on any atom is 0.256 e. The van der Waals surface area contributed by atoms with E-state index in [9.17, 15) is 5.26 Å². The molecule has 2 nitrogen and oxygen atoms in total. The second-order valence-corrected chi connectivity index (χ2v) is 6.37. The summed E-state index contributed by atoms with van der Waals surface area (Å²) < 4.78 is 0. The molecular formula is C18H19N2S+. The van der Waals surface area contributed by atoms with Gasteiger partial charge in [-0.2, -0.15) is 10.2 Å². The van der Waals surface area contributed by atoms with Gasteiger partial charge in [-0.1, -0.05) is 29.5 Å². The molecule has 1 aliphatic rings. The van der Waals surface area contributed by atoms with Crippen molar-refractivity contribution in [3.63, 3.8) is 0 Å². The summed E-state index contributed by atoms with van der Waals surface area (Å²) in [5.74, 6) is 0. The van der Waals surface area contributed by atoms with E-state index in [0.717, 1.165) is 23.4 Å². The van der Waals surface area contributed by atoms with Crippen LogP contribution in [0.15, 0.2) is 29.3 Å². The molecule has 3 heteroatoms. The van der Waals surface area contributed by atoms with Crippen molar-refractivity contribution < 1.29 is 4.98 Å². The molecule has 3 rings (SSSR count). The molecule has 1 aromatic heterocycles. The molecular weight excluding hydrogens is 276 g/mol. The Hall–Kier alpha value is -1.79. The Bertz CT molecular complexity index is 711. The van der Waals surface area contributed by atoms with Gasteiger partial charge in [0, 0.05) is 11.1 Å². The molecule has 1 N–H and O–H groups in total. The maximum atomic E-state index is 9.52. The van der Waals surface area contributed by atoms with E-state index < -0.39 is 0 Å². The number of rotatable bonds is 2. The van der Waals surface area contributed by atoms with E-state index in [2.05, 4.69) is 42.2 Å². The van der Waals surface area contributed by atoms with E-state index in [1.807, 2.05) is 6.26 Å². The number of hydrogen-bond acceptors (Lipinski definition) is 2. The van der Waals surface area contributed by atoms with Crippen molar-refractivity contribution in [2.24, 2.45) is 0 Å². The van der Waals surface area contributed by atoms with E-state index in [1.165, 1.54) is 40.8 Å². The van der Waals surface area contributed by atoms with Gasteiger partial charge >= 0.3 is 0 Å². The predicted molar refractivity (Wildman–Crippen MR) is 86.3 cm³/mol. The van der Waals surface area contributed by atoms with E-state index >= 15 is 0 Å². The number of fused-ring (bicyclic) bond motifs is 1. The van der Waals surface area contributed by atoms with Crippen molar-refractivity contribution in [2.45, 2.75) is 37.6 Å². The van der Waals surface area contributed by atoms with Crippen LogP contribution in [-0.2, 0) is 12.8 Å². The summed E-state index contributed by atoms with van der Waals surface area (Å²) in [5, 5.41) is 10.5. The second-order valence-electron chi connectivity index (χ2n) is 5.55. The lowest BCUT2D eigenvalue weighted by molar-refractivity contribution is -0.415. The van der Waals surface area contributed by atoms with Gasteiger partial charge < -0.3 is 0 Å². The Morgan fingerprint density at radius 2 is 1.76 bits per heavy atom. The number of H-pyrrole nitrogens is 1. The Morgan fingerprint density at radius 3 is 2.38 bits per heavy atom. The molecule has 0 amide bonds. The zero-order chi connectivity index (χ0) is 14.8. The highest BCUT2D eigenvalue weighted by molar-refractivity contribution is 7.98. The molecule has 0 bridgehead atoms. The van der Waals surface area contributed by atoms with Crippen molar-refractivity contribution in [2.75, 3.05) is 6.26 Å². The van der Waals surface area contributed by atoms with Crippen molar-refractivity contribution in [3.05, 3.63) is 46.5 Å². The first-order valence-corrected chi connectivity index (χ1v) is 8.59. The van der Waals surface area contributed by atoms with Gasteiger partial charge in [-0.15, -0.1) is 0 Å². The molecule has 1 aromatic carbocycles. The fraction of sp³-hybridized carbons (Fsp3) is 0.333. The zero-order valence-electron chi connectivity index (χ0n) is 12.5. The molecule has 0 saturated heterocycles. The molecule has 0 saturated carbocycles. The van der Waals surface area contributed by atoms with Gasteiger partial charge in [-0.25, -0.2) is 0 Å². The van der Waals surface area contributed by atoms with Gasteiger partial charge in [0.15, 0.2) is 0 Å².